The highest BCUT2D eigenvalue weighted by Crippen LogP contribution is 2.39. The van der Waals surface area contributed by atoms with Crippen molar-refractivity contribution in [3.63, 3.8) is 0 Å². The average molecular weight is 338 g/mol. The number of carboxylic acids is 1. The zero-order chi connectivity index (χ0) is 12.1. The molecule has 0 aromatic heterocycles. The summed E-state index contributed by atoms with van der Waals surface area (Å²) >= 11 is 1.71. The average Bonchev–Trinajstić information content (AvgIpc) is 2.26. The third-order valence-electron chi connectivity index (χ3n) is 1.95. The Hall–Kier alpha value is -1.18. The first-order valence-corrected chi connectivity index (χ1v) is 5.25. The van der Waals surface area contributed by atoms with Crippen molar-refractivity contribution in [1.29, 1.82) is 0 Å². The van der Waals surface area contributed by atoms with Crippen LogP contribution in [0, 0.1) is 0 Å². The first-order valence-electron chi connectivity index (χ1n) is 4.37. The second-order valence-electron chi connectivity index (χ2n) is 2.98. The molecule has 88 valence electrons. The molecule has 16 heavy (non-hydrogen) atoms. The van der Waals surface area contributed by atoms with Crippen LogP contribution in [0.25, 0.3) is 0 Å². The minimum atomic E-state index is -0.910. The van der Waals surface area contributed by atoms with E-state index < -0.39 is 5.97 Å². The zero-order valence-corrected chi connectivity index (χ0v) is 11.0. The molecule has 5 nitrogen and oxygen atoms in total. The normalized spacial score (nSPS) is 9.69. The van der Waals surface area contributed by atoms with E-state index in [1.807, 2.05) is 0 Å². The zero-order valence-electron chi connectivity index (χ0n) is 8.82. The van der Waals surface area contributed by atoms with Gasteiger partial charge in [-0.15, -0.1) is 0 Å². The van der Waals surface area contributed by atoms with Crippen LogP contribution in [0.4, 0.5) is 0 Å². The summed E-state index contributed by atoms with van der Waals surface area (Å²) in [5, 5.41) is 8.71. The molecule has 0 radical (unpaired) electrons. The molecule has 0 aliphatic carbocycles. The van der Waals surface area contributed by atoms with E-state index in [9.17, 15) is 4.79 Å². The number of halogens is 1. The second kappa shape index (κ2) is 5.78. The van der Waals surface area contributed by atoms with E-state index in [-0.39, 0.29) is 6.42 Å². The van der Waals surface area contributed by atoms with E-state index >= 15 is 0 Å². The van der Waals surface area contributed by atoms with Gasteiger partial charge in [0.15, 0.2) is 34.5 Å². The van der Waals surface area contributed by atoms with Crippen LogP contribution in [0.1, 0.15) is 5.56 Å². The van der Waals surface area contributed by atoms with Gasteiger partial charge in [0.25, 0.3) is 0 Å². The minimum Gasteiger partial charge on any atom is -0.493 e. The highest BCUT2D eigenvalue weighted by molar-refractivity contribution is 14.1. The number of methoxy groups -OCH3 is 2. The van der Waals surface area contributed by atoms with Crippen molar-refractivity contribution in [3.8, 4) is 17.2 Å². The van der Waals surface area contributed by atoms with Crippen LogP contribution in [-0.2, 0) is 11.2 Å². The predicted molar refractivity (Wildman–Crippen MR) is 65.5 cm³/mol. The largest absolute Gasteiger partial charge is 0.493 e. The van der Waals surface area contributed by atoms with Gasteiger partial charge in [-0.05, 0) is 17.7 Å². The molecule has 0 atom stereocenters. The van der Waals surface area contributed by atoms with Gasteiger partial charge in [-0.2, -0.15) is 0 Å². The van der Waals surface area contributed by atoms with E-state index in [4.69, 9.17) is 17.6 Å². The Morgan fingerprint density at radius 1 is 1.31 bits per heavy atom. The Morgan fingerprint density at radius 3 is 2.12 bits per heavy atom. The second-order valence-corrected chi connectivity index (χ2v) is 3.42. The first-order chi connectivity index (χ1) is 7.62. The third-order valence-corrected chi connectivity index (χ3v) is 2.39. The van der Waals surface area contributed by atoms with Crippen molar-refractivity contribution in [1.82, 2.24) is 0 Å². The number of ether oxygens (including phenoxy) is 2. The van der Waals surface area contributed by atoms with Gasteiger partial charge in [-0.25, -0.2) is 0 Å². The molecule has 0 aliphatic heterocycles. The molecular formula is C10H11IO5. The fourth-order valence-electron chi connectivity index (χ4n) is 1.29. The van der Waals surface area contributed by atoms with E-state index in [0.29, 0.717) is 22.8 Å². The number of carboxylic acid groups (broad SMARTS) is 1. The Kier molecular flexibility index (Phi) is 4.66. The van der Waals surface area contributed by atoms with Gasteiger partial charge in [-0.3, -0.25) is 4.79 Å². The fraction of sp³-hybridized carbons (Fsp3) is 0.300. The molecule has 6 heteroatoms. The maximum Gasteiger partial charge on any atom is 0.307 e. The first kappa shape index (κ1) is 12.9. The van der Waals surface area contributed by atoms with Gasteiger partial charge in [0.05, 0.1) is 20.6 Å². The van der Waals surface area contributed by atoms with Gasteiger partial charge in [0.1, 0.15) is 0 Å². The highest BCUT2D eigenvalue weighted by atomic mass is 127. The lowest BCUT2D eigenvalue weighted by atomic mass is 10.1. The molecule has 1 N–H and O–H groups in total. The van der Waals surface area contributed by atoms with Crippen LogP contribution in [-0.4, -0.2) is 25.3 Å². The summed E-state index contributed by atoms with van der Waals surface area (Å²) in [6.07, 6.45) is -0.0890. The molecule has 0 bridgehead atoms. The maximum absolute atomic E-state index is 10.6. The predicted octanol–water partition coefficient (Wildman–Crippen LogP) is 2.06. The van der Waals surface area contributed by atoms with Crippen LogP contribution in [0.3, 0.4) is 0 Å². The van der Waals surface area contributed by atoms with Crippen LogP contribution in [0.5, 0.6) is 17.2 Å². The summed E-state index contributed by atoms with van der Waals surface area (Å²) in [6, 6.07) is 3.23. The number of hydrogen-bond donors (Lipinski definition) is 1. The number of hydrogen-bond acceptors (Lipinski definition) is 4. The van der Waals surface area contributed by atoms with Crippen molar-refractivity contribution >= 4 is 29.0 Å². The number of benzene rings is 1. The molecule has 1 rings (SSSR count). The lowest BCUT2D eigenvalue weighted by molar-refractivity contribution is -0.136. The summed E-state index contributed by atoms with van der Waals surface area (Å²) in [6.45, 7) is 0. The summed E-state index contributed by atoms with van der Waals surface area (Å²) in [5.41, 5.74) is 0.596. The Labute approximate surface area is 107 Å². The fourth-order valence-corrected chi connectivity index (χ4v) is 1.72. The van der Waals surface area contributed by atoms with Crippen LogP contribution in [0.2, 0.25) is 0 Å². The molecule has 0 unspecified atom stereocenters. The topological polar surface area (TPSA) is 65.0 Å². The van der Waals surface area contributed by atoms with Crippen LogP contribution >= 0.6 is 23.0 Å². The Morgan fingerprint density at radius 2 is 1.81 bits per heavy atom. The molecule has 0 spiro atoms. The van der Waals surface area contributed by atoms with Gasteiger partial charge < -0.3 is 17.6 Å². The molecule has 0 heterocycles. The lowest BCUT2D eigenvalue weighted by Gasteiger charge is -2.12. The van der Waals surface area contributed by atoms with Gasteiger partial charge in [-0.1, -0.05) is 0 Å². The molecule has 1 aromatic carbocycles. The molecular weight excluding hydrogens is 327 g/mol. The monoisotopic (exact) mass is 338 g/mol. The Balaban J connectivity index is 3.20. The summed E-state index contributed by atoms with van der Waals surface area (Å²) in [5.74, 6) is 0.432. The van der Waals surface area contributed by atoms with E-state index in [1.54, 1.807) is 35.1 Å². The van der Waals surface area contributed by atoms with Crippen LogP contribution < -0.4 is 12.5 Å². The summed E-state index contributed by atoms with van der Waals surface area (Å²) < 4.78 is 15.3. The van der Waals surface area contributed by atoms with Crippen molar-refractivity contribution in [3.05, 3.63) is 17.7 Å². The molecule has 1 aromatic rings. The summed E-state index contributed by atoms with van der Waals surface area (Å²) in [4.78, 5) is 10.6. The molecule has 0 saturated heterocycles. The SMILES string of the molecule is COc1cc(CC(=O)O)cc(OC)c1OI. The molecule has 0 amide bonds. The van der Waals surface area contributed by atoms with E-state index in [2.05, 4.69) is 0 Å². The van der Waals surface area contributed by atoms with Crippen molar-refractivity contribution in [2.24, 2.45) is 0 Å². The van der Waals surface area contributed by atoms with Crippen molar-refractivity contribution < 1.29 is 22.4 Å². The van der Waals surface area contributed by atoms with Gasteiger partial charge >= 0.3 is 5.97 Å². The molecule has 0 fully saturated rings. The minimum absolute atomic E-state index is 0.0890. The van der Waals surface area contributed by atoms with Crippen molar-refractivity contribution in [2.75, 3.05) is 14.2 Å². The highest BCUT2D eigenvalue weighted by Gasteiger charge is 2.14. The maximum atomic E-state index is 10.6. The molecule has 0 saturated carbocycles. The lowest BCUT2D eigenvalue weighted by Crippen LogP contribution is -2.01. The smallest absolute Gasteiger partial charge is 0.307 e. The number of rotatable bonds is 5. The quantitative estimate of drug-likeness (QED) is 0.833. The molecule has 0 aliphatic rings. The number of aliphatic carboxylic acids is 1. The van der Waals surface area contributed by atoms with Crippen molar-refractivity contribution in [2.45, 2.75) is 6.42 Å². The van der Waals surface area contributed by atoms with Crippen LogP contribution in [0.15, 0.2) is 12.1 Å². The van der Waals surface area contributed by atoms with Gasteiger partial charge in [0, 0.05) is 0 Å². The standard InChI is InChI=1S/C10H11IO5/c1-14-7-3-6(5-9(12)13)4-8(15-2)10(7)16-11/h3-4H,5H2,1-2H3,(H,12,13). The number of carbonyl (C=O) groups is 1. The third kappa shape index (κ3) is 2.91. The van der Waals surface area contributed by atoms with E-state index in [0.717, 1.165) is 0 Å². The van der Waals surface area contributed by atoms with Gasteiger partial charge in [0.2, 0.25) is 5.75 Å². The van der Waals surface area contributed by atoms with E-state index in [1.165, 1.54) is 14.2 Å². The Bertz CT molecular complexity index is 366. The summed E-state index contributed by atoms with van der Waals surface area (Å²) in [7, 11) is 2.97.